The Balaban J connectivity index is 1.67. The molecule has 3 aromatic rings. The van der Waals surface area contributed by atoms with Crippen molar-refractivity contribution in [1.29, 1.82) is 0 Å². The van der Waals surface area contributed by atoms with Crippen molar-refractivity contribution >= 4 is 40.2 Å². The molecule has 0 spiro atoms. The molecule has 3 rings (SSSR count). The van der Waals surface area contributed by atoms with Gasteiger partial charge in [-0.3, -0.25) is 0 Å². The van der Waals surface area contributed by atoms with Crippen LogP contribution in [0.3, 0.4) is 0 Å². The fourth-order valence-corrected chi connectivity index (χ4v) is 2.51. The average Bonchev–Trinajstić information content (AvgIpc) is 2.61. The van der Waals surface area contributed by atoms with Gasteiger partial charge in [-0.25, -0.2) is 0 Å². The van der Waals surface area contributed by atoms with Crippen LogP contribution in [-0.2, 0) is 0 Å². The van der Waals surface area contributed by atoms with E-state index in [9.17, 15) is 0 Å². The largest absolute Gasteiger partial charge is 0.0622 e. The van der Waals surface area contributed by atoms with Crippen molar-refractivity contribution in [2.45, 2.75) is 0 Å². The van der Waals surface area contributed by atoms with Gasteiger partial charge in [-0.15, -0.1) is 0 Å². The second-order valence-corrected chi connectivity index (χ2v) is 6.21. The van der Waals surface area contributed by atoms with Gasteiger partial charge in [0.15, 0.2) is 0 Å². The van der Waals surface area contributed by atoms with Crippen LogP contribution in [-0.4, -0.2) is 0 Å². The molecule has 0 aromatic heterocycles. The lowest BCUT2D eigenvalue weighted by atomic mass is 10.1. The molecule has 0 saturated heterocycles. The first-order chi connectivity index (χ1) is 11.3. The first-order valence-corrected chi connectivity index (χ1v) is 8.36. The number of benzene rings is 3. The van der Waals surface area contributed by atoms with Gasteiger partial charge in [0.25, 0.3) is 0 Å². The monoisotopic (exact) mass is 360 g/mol. The van der Waals surface area contributed by atoms with Crippen LogP contribution in [0.25, 0.3) is 24.3 Å². The average molecular weight is 361 g/mol. The van der Waals surface area contributed by atoms with Crippen molar-refractivity contribution in [2.75, 3.05) is 0 Å². The minimum atomic E-state index is 1.10. The van der Waals surface area contributed by atoms with Crippen LogP contribution in [0.2, 0.25) is 0 Å². The molecule has 0 nitrogen and oxygen atoms in total. The van der Waals surface area contributed by atoms with Crippen LogP contribution >= 0.6 is 15.9 Å². The zero-order valence-electron chi connectivity index (χ0n) is 12.7. The van der Waals surface area contributed by atoms with E-state index in [4.69, 9.17) is 0 Å². The van der Waals surface area contributed by atoms with E-state index in [0.29, 0.717) is 0 Å². The van der Waals surface area contributed by atoms with E-state index in [2.05, 4.69) is 113 Å². The molecule has 0 fully saturated rings. The lowest BCUT2D eigenvalue weighted by Crippen LogP contribution is -1.76. The van der Waals surface area contributed by atoms with Crippen molar-refractivity contribution in [3.05, 3.63) is 106 Å². The van der Waals surface area contributed by atoms with E-state index in [1.807, 2.05) is 6.07 Å². The molecule has 0 aliphatic rings. The van der Waals surface area contributed by atoms with Crippen LogP contribution in [0.4, 0.5) is 0 Å². The molecule has 0 N–H and O–H groups in total. The molecule has 1 heteroatoms. The fourth-order valence-electron chi connectivity index (χ4n) is 2.24. The third-order valence-electron chi connectivity index (χ3n) is 3.54. The zero-order chi connectivity index (χ0) is 15.9. The summed E-state index contributed by atoms with van der Waals surface area (Å²) in [6.07, 6.45) is 8.53. The van der Waals surface area contributed by atoms with Gasteiger partial charge in [0, 0.05) is 4.47 Å². The van der Waals surface area contributed by atoms with Gasteiger partial charge in [0.05, 0.1) is 0 Å². The van der Waals surface area contributed by atoms with Crippen LogP contribution in [0.5, 0.6) is 0 Å². The highest BCUT2D eigenvalue weighted by molar-refractivity contribution is 9.10. The molecule has 0 unspecified atom stereocenters. The molecule has 0 radical (unpaired) electrons. The Kier molecular flexibility index (Phi) is 5.23. The summed E-state index contributed by atoms with van der Waals surface area (Å²) in [6, 6.07) is 27.2. The van der Waals surface area contributed by atoms with Crippen LogP contribution in [0.15, 0.2) is 83.3 Å². The van der Waals surface area contributed by atoms with Crippen LogP contribution in [0.1, 0.15) is 22.3 Å². The van der Waals surface area contributed by atoms with Crippen LogP contribution in [0, 0.1) is 0 Å². The number of hydrogen-bond acceptors (Lipinski definition) is 0. The van der Waals surface area contributed by atoms with Gasteiger partial charge in [0.1, 0.15) is 0 Å². The van der Waals surface area contributed by atoms with Crippen molar-refractivity contribution in [3.8, 4) is 0 Å². The van der Waals surface area contributed by atoms with Crippen molar-refractivity contribution in [3.63, 3.8) is 0 Å². The second-order valence-electron chi connectivity index (χ2n) is 5.30. The minimum absolute atomic E-state index is 1.10. The van der Waals surface area contributed by atoms with E-state index in [1.54, 1.807) is 0 Å². The lowest BCUT2D eigenvalue weighted by Gasteiger charge is -1.98. The Bertz CT molecular complexity index is 795. The third kappa shape index (κ3) is 4.80. The first-order valence-electron chi connectivity index (χ1n) is 7.56. The molecule has 0 saturated carbocycles. The maximum Gasteiger partial charge on any atom is 0.0175 e. The Morgan fingerprint density at radius 2 is 0.783 bits per heavy atom. The van der Waals surface area contributed by atoms with Crippen molar-refractivity contribution in [2.24, 2.45) is 0 Å². The molecule has 0 atom stereocenters. The molecule has 3 aromatic carbocycles. The predicted octanol–water partition coefficient (Wildman–Crippen LogP) is 6.79. The molecule has 0 amide bonds. The predicted molar refractivity (Wildman–Crippen MR) is 105 cm³/mol. The van der Waals surface area contributed by atoms with E-state index < -0.39 is 0 Å². The molecule has 0 heterocycles. The van der Waals surface area contributed by atoms with E-state index in [1.165, 1.54) is 22.3 Å². The van der Waals surface area contributed by atoms with E-state index >= 15 is 0 Å². The molecular weight excluding hydrogens is 344 g/mol. The Morgan fingerprint density at radius 3 is 1.22 bits per heavy atom. The number of halogens is 1. The summed E-state index contributed by atoms with van der Waals surface area (Å²) in [4.78, 5) is 0. The minimum Gasteiger partial charge on any atom is -0.0622 e. The highest BCUT2D eigenvalue weighted by Gasteiger charge is 1.91. The molecule has 0 aliphatic heterocycles. The summed E-state index contributed by atoms with van der Waals surface area (Å²) in [5.74, 6) is 0. The fraction of sp³-hybridized carbons (Fsp3) is 0. The Morgan fingerprint density at radius 1 is 0.435 bits per heavy atom. The van der Waals surface area contributed by atoms with Gasteiger partial charge >= 0.3 is 0 Å². The Hall–Kier alpha value is -2.38. The standard InChI is InChI=1S/C22H17Br/c23-22-16-14-21(15-17-22)13-12-20-10-8-19(9-11-20)7-6-18-4-2-1-3-5-18/h1-17H. The number of rotatable bonds is 4. The molecule has 0 aliphatic carbocycles. The van der Waals surface area contributed by atoms with Gasteiger partial charge < -0.3 is 0 Å². The zero-order valence-corrected chi connectivity index (χ0v) is 14.3. The maximum absolute atomic E-state index is 3.45. The summed E-state index contributed by atoms with van der Waals surface area (Å²) in [7, 11) is 0. The second kappa shape index (κ2) is 7.75. The summed E-state index contributed by atoms with van der Waals surface area (Å²) < 4.78 is 1.10. The molecular formula is C22H17Br. The van der Waals surface area contributed by atoms with Crippen LogP contribution < -0.4 is 0 Å². The van der Waals surface area contributed by atoms with Gasteiger partial charge in [-0.2, -0.15) is 0 Å². The Labute approximate surface area is 145 Å². The summed E-state index contributed by atoms with van der Waals surface area (Å²) in [5, 5.41) is 0. The van der Waals surface area contributed by atoms with Gasteiger partial charge in [-0.1, -0.05) is 107 Å². The quantitative estimate of drug-likeness (QED) is 0.449. The summed E-state index contributed by atoms with van der Waals surface area (Å²) in [6.45, 7) is 0. The number of hydrogen-bond donors (Lipinski definition) is 0. The van der Waals surface area contributed by atoms with Gasteiger partial charge in [-0.05, 0) is 34.4 Å². The highest BCUT2D eigenvalue weighted by Crippen LogP contribution is 2.14. The summed E-state index contributed by atoms with van der Waals surface area (Å²) in [5.41, 5.74) is 4.81. The SMILES string of the molecule is Brc1ccc(C=Cc2ccc(C=Cc3ccccc3)cc2)cc1. The van der Waals surface area contributed by atoms with Crippen molar-refractivity contribution < 1.29 is 0 Å². The summed E-state index contributed by atoms with van der Waals surface area (Å²) >= 11 is 3.45. The molecule has 0 bridgehead atoms. The van der Waals surface area contributed by atoms with E-state index in [0.717, 1.165) is 4.47 Å². The normalized spacial score (nSPS) is 11.3. The highest BCUT2D eigenvalue weighted by atomic mass is 79.9. The molecule has 112 valence electrons. The smallest absolute Gasteiger partial charge is 0.0175 e. The van der Waals surface area contributed by atoms with E-state index in [-0.39, 0.29) is 0 Å². The van der Waals surface area contributed by atoms with Crippen molar-refractivity contribution in [1.82, 2.24) is 0 Å². The lowest BCUT2D eigenvalue weighted by molar-refractivity contribution is 1.60. The topological polar surface area (TPSA) is 0 Å². The molecule has 23 heavy (non-hydrogen) atoms. The maximum atomic E-state index is 3.45. The third-order valence-corrected chi connectivity index (χ3v) is 4.07. The van der Waals surface area contributed by atoms with Gasteiger partial charge in [0.2, 0.25) is 0 Å². The first kappa shape index (κ1) is 15.5.